The molecule has 1 saturated carbocycles. The molecule has 1 aromatic rings. The number of carboxylic acids is 1. The van der Waals surface area contributed by atoms with Crippen LogP contribution in [-0.2, 0) is 20.7 Å². The summed E-state index contributed by atoms with van der Waals surface area (Å²) in [5.74, 6) is -0.541. The van der Waals surface area contributed by atoms with E-state index in [4.69, 9.17) is 14.3 Å². The summed E-state index contributed by atoms with van der Waals surface area (Å²) in [4.78, 5) is 22.8. The highest BCUT2D eigenvalue weighted by Crippen LogP contribution is 2.47. The average Bonchev–Trinajstić information content (AvgIpc) is 3.17. The van der Waals surface area contributed by atoms with Gasteiger partial charge in [0.1, 0.15) is 6.10 Å². The first-order chi connectivity index (χ1) is 13.1. The summed E-state index contributed by atoms with van der Waals surface area (Å²) in [6.45, 7) is -0.0279. The number of aliphatic carboxylic acids is 1. The lowest BCUT2D eigenvalue weighted by Crippen LogP contribution is -2.47. The molecule has 0 aliphatic heterocycles. The van der Waals surface area contributed by atoms with E-state index in [2.05, 4.69) is 12.2 Å². The second-order valence-electron chi connectivity index (χ2n) is 7.67. The number of hydrogen-bond donors (Lipinski definition) is 2. The largest absolute Gasteiger partial charge is 0.481 e. The van der Waals surface area contributed by atoms with Gasteiger partial charge in [0.2, 0.25) is 0 Å². The number of allylic oxidation sites excluding steroid dienone is 2. The molecule has 2 aliphatic rings. The summed E-state index contributed by atoms with van der Waals surface area (Å²) in [7, 11) is 0. The van der Waals surface area contributed by atoms with Crippen LogP contribution < -0.4 is 0 Å². The highest BCUT2D eigenvalue weighted by molar-refractivity contribution is 5.76. The lowest BCUT2D eigenvalue weighted by Gasteiger charge is -2.47. The fourth-order valence-electron chi connectivity index (χ4n) is 4.76. The molecule has 148 valence electrons. The maximum Gasteiger partial charge on any atom is 0.306 e. The number of carbonyl (C=O) groups excluding carboxylic acids is 1. The third kappa shape index (κ3) is 5.01. The number of hydrogen-bond acceptors (Lipinski definition) is 5. The maximum atomic E-state index is 12.1. The standard InChI is InChI=1S/C21H28O6/c22-12-18-17(6-5-14-9-10-26-13-14)16-4-2-1-3-15(16)11-19(18)27-21(25)8-7-20(23)24/h1,3,9-10,13,15-19,22H,2,4-8,11-12H2,(H,23,24)/t15?,16-,17+,18-,19-/m0/s1. The van der Waals surface area contributed by atoms with Crippen molar-refractivity contribution in [3.05, 3.63) is 36.3 Å². The van der Waals surface area contributed by atoms with Crippen molar-refractivity contribution in [2.45, 2.75) is 51.0 Å². The Kier molecular flexibility index (Phi) is 6.72. The van der Waals surface area contributed by atoms with Crippen molar-refractivity contribution in [3.8, 4) is 0 Å². The summed E-state index contributed by atoms with van der Waals surface area (Å²) in [6.07, 6.45) is 11.7. The van der Waals surface area contributed by atoms with Gasteiger partial charge in [-0.2, -0.15) is 0 Å². The molecule has 2 aliphatic carbocycles. The topological polar surface area (TPSA) is 97.0 Å². The molecule has 0 amide bonds. The first kappa shape index (κ1) is 19.7. The van der Waals surface area contributed by atoms with Crippen LogP contribution in [0.2, 0.25) is 0 Å². The number of carboxylic acid groups (broad SMARTS) is 1. The van der Waals surface area contributed by atoms with E-state index in [1.54, 1.807) is 12.5 Å². The number of ether oxygens (including phenoxy) is 1. The second kappa shape index (κ2) is 9.22. The predicted octanol–water partition coefficient (Wildman–Crippen LogP) is 3.20. The van der Waals surface area contributed by atoms with E-state index < -0.39 is 11.9 Å². The molecule has 1 fully saturated rings. The SMILES string of the molecule is O=C(O)CCC(=O)O[C@H]1CC2C=CCC[C@@H]2[C@@H](CCc2ccoc2)[C@@H]1CO. The van der Waals surface area contributed by atoms with Crippen molar-refractivity contribution in [1.29, 1.82) is 0 Å². The third-order valence-electron chi connectivity index (χ3n) is 6.06. The predicted molar refractivity (Wildman–Crippen MR) is 97.8 cm³/mol. The molecule has 0 bridgehead atoms. The zero-order valence-electron chi connectivity index (χ0n) is 15.5. The third-order valence-corrected chi connectivity index (χ3v) is 6.06. The van der Waals surface area contributed by atoms with Crippen LogP contribution in [0.15, 0.2) is 35.2 Å². The molecule has 0 radical (unpaired) electrons. The number of furan rings is 1. The summed E-state index contributed by atoms with van der Waals surface area (Å²) in [5, 5.41) is 18.8. The molecule has 1 unspecified atom stereocenters. The molecule has 27 heavy (non-hydrogen) atoms. The number of esters is 1. The molecule has 0 aromatic carbocycles. The molecular formula is C21H28O6. The summed E-state index contributed by atoms with van der Waals surface area (Å²) in [5.41, 5.74) is 1.13. The molecule has 3 rings (SSSR count). The number of rotatable bonds is 8. The Hall–Kier alpha value is -2.08. The molecule has 5 atom stereocenters. The van der Waals surface area contributed by atoms with Gasteiger partial charge in [0.15, 0.2) is 0 Å². The van der Waals surface area contributed by atoms with Gasteiger partial charge < -0.3 is 19.4 Å². The Bertz CT molecular complexity index is 650. The van der Waals surface area contributed by atoms with Gasteiger partial charge in [0, 0.05) is 12.5 Å². The molecule has 0 spiro atoms. The van der Waals surface area contributed by atoms with E-state index in [-0.39, 0.29) is 37.4 Å². The Morgan fingerprint density at radius 1 is 1.26 bits per heavy atom. The van der Waals surface area contributed by atoms with Crippen molar-refractivity contribution in [2.75, 3.05) is 6.61 Å². The molecule has 6 heteroatoms. The minimum atomic E-state index is -1.01. The van der Waals surface area contributed by atoms with Crippen molar-refractivity contribution in [3.63, 3.8) is 0 Å². The zero-order chi connectivity index (χ0) is 19.2. The second-order valence-corrected chi connectivity index (χ2v) is 7.67. The average molecular weight is 376 g/mol. The zero-order valence-corrected chi connectivity index (χ0v) is 15.5. The molecule has 2 N–H and O–H groups in total. The van der Waals surface area contributed by atoms with Crippen LogP contribution in [0.4, 0.5) is 0 Å². The number of aliphatic hydroxyl groups excluding tert-OH is 1. The van der Waals surface area contributed by atoms with Gasteiger partial charge in [-0.25, -0.2) is 0 Å². The lowest BCUT2D eigenvalue weighted by molar-refractivity contribution is -0.162. The van der Waals surface area contributed by atoms with Crippen LogP contribution in [0, 0.1) is 23.7 Å². The monoisotopic (exact) mass is 376 g/mol. The number of fused-ring (bicyclic) bond motifs is 1. The highest BCUT2D eigenvalue weighted by atomic mass is 16.5. The van der Waals surface area contributed by atoms with Crippen LogP contribution in [0.3, 0.4) is 0 Å². The molecule has 6 nitrogen and oxygen atoms in total. The fourth-order valence-corrected chi connectivity index (χ4v) is 4.76. The van der Waals surface area contributed by atoms with E-state index in [1.807, 2.05) is 6.07 Å². The lowest BCUT2D eigenvalue weighted by atomic mass is 9.61. The van der Waals surface area contributed by atoms with Crippen molar-refractivity contribution in [2.24, 2.45) is 23.7 Å². The van der Waals surface area contributed by atoms with Gasteiger partial charge in [-0.05, 0) is 61.5 Å². The Morgan fingerprint density at radius 3 is 2.81 bits per heavy atom. The summed E-state index contributed by atoms with van der Waals surface area (Å²) >= 11 is 0. The van der Waals surface area contributed by atoms with Crippen LogP contribution in [0.5, 0.6) is 0 Å². The van der Waals surface area contributed by atoms with Crippen LogP contribution in [0.25, 0.3) is 0 Å². The molecule has 0 saturated heterocycles. The van der Waals surface area contributed by atoms with Crippen LogP contribution in [0.1, 0.15) is 44.1 Å². The summed E-state index contributed by atoms with van der Waals surface area (Å²) in [6, 6.07) is 1.96. The van der Waals surface area contributed by atoms with Gasteiger partial charge in [0.05, 0.1) is 25.4 Å². The van der Waals surface area contributed by atoms with E-state index in [1.165, 1.54) is 0 Å². The van der Waals surface area contributed by atoms with Gasteiger partial charge in [0.25, 0.3) is 0 Å². The van der Waals surface area contributed by atoms with E-state index in [9.17, 15) is 14.7 Å². The normalized spacial score (nSPS) is 29.9. The van der Waals surface area contributed by atoms with E-state index in [0.717, 1.165) is 31.2 Å². The summed E-state index contributed by atoms with van der Waals surface area (Å²) < 4.78 is 10.8. The Balaban J connectivity index is 1.71. The minimum absolute atomic E-state index is 0.0279. The van der Waals surface area contributed by atoms with Crippen LogP contribution >= 0.6 is 0 Å². The Labute approximate surface area is 159 Å². The number of carbonyl (C=O) groups is 2. The van der Waals surface area contributed by atoms with Gasteiger partial charge in [-0.15, -0.1) is 0 Å². The Morgan fingerprint density at radius 2 is 2.11 bits per heavy atom. The number of aliphatic hydroxyl groups is 1. The quantitative estimate of drug-likeness (QED) is 0.534. The highest BCUT2D eigenvalue weighted by Gasteiger charge is 2.45. The first-order valence-electron chi connectivity index (χ1n) is 9.78. The van der Waals surface area contributed by atoms with E-state index in [0.29, 0.717) is 18.3 Å². The van der Waals surface area contributed by atoms with Gasteiger partial charge in [-0.1, -0.05) is 12.2 Å². The molecule has 1 heterocycles. The van der Waals surface area contributed by atoms with Crippen LogP contribution in [-0.4, -0.2) is 34.9 Å². The van der Waals surface area contributed by atoms with Gasteiger partial charge in [-0.3, -0.25) is 9.59 Å². The van der Waals surface area contributed by atoms with Crippen molar-refractivity contribution in [1.82, 2.24) is 0 Å². The number of aryl methyl sites for hydroxylation is 1. The van der Waals surface area contributed by atoms with Gasteiger partial charge >= 0.3 is 11.9 Å². The molecular weight excluding hydrogens is 348 g/mol. The van der Waals surface area contributed by atoms with Crippen molar-refractivity contribution >= 4 is 11.9 Å². The smallest absolute Gasteiger partial charge is 0.306 e. The first-order valence-corrected chi connectivity index (χ1v) is 9.78. The van der Waals surface area contributed by atoms with E-state index >= 15 is 0 Å². The fraction of sp³-hybridized carbons (Fsp3) is 0.619. The molecule has 1 aromatic heterocycles. The van der Waals surface area contributed by atoms with Crippen molar-refractivity contribution < 1.29 is 29.0 Å². The maximum absolute atomic E-state index is 12.1. The minimum Gasteiger partial charge on any atom is -0.481 e.